The topological polar surface area (TPSA) is 39.2 Å². The Bertz CT molecular complexity index is 579. The van der Waals surface area contributed by atoms with E-state index in [1.54, 1.807) is 18.3 Å². The molecule has 1 aromatic heterocycles. The lowest BCUT2D eigenvalue weighted by molar-refractivity contribution is 0.101. The van der Waals surface area contributed by atoms with Crippen molar-refractivity contribution in [3.05, 3.63) is 52.3 Å². The first-order chi connectivity index (χ1) is 8.56. The number of hydrogen-bond acceptors (Lipinski definition) is 3. The number of benzene rings is 1. The van der Waals surface area contributed by atoms with Crippen LogP contribution < -0.4 is 4.74 Å². The maximum absolute atomic E-state index is 11.1. The van der Waals surface area contributed by atoms with Gasteiger partial charge in [0.25, 0.3) is 0 Å². The van der Waals surface area contributed by atoms with Crippen LogP contribution in [0.15, 0.2) is 41.0 Å². The largest absolute Gasteiger partial charge is 0.455 e. The number of Topliss-reactive ketones (excluding diaryl/α,β-unsaturated/α-hetero) is 1. The van der Waals surface area contributed by atoms with Crippen molar-refractivity contribution in [3.8, 4) is 11.5 Å². The van der Waals surface area contributed by atoms with Crippen LogP contribution in [0.25, 0.3) is 0 Å². The molecule has 1 heterocycles. The molecule has 1 aromatic carbocycles. The number of aryl methyl sites for hydroxylation is 1. The van der Waals surface area contributed by atoms with Crippen LogP contribution in [0, 0.1) is 6.92 Å². The first kappa shape index (κ1) is 12.8. The fourth-order valence-electron chi connectivity index (χ4n) is 1.46. The molecule has 2 rings (SSSR count). The third kappa shape index (κ3) is 2.96. The molecule has 0 bridgehead atoms. The quantitative estimate of drug-likeness (QED) is 0.800. The molecule has 0 N–H and O–H groups in total. The second kappa shape index (κ2) is 5.31. The van der Waals surface area contributed by atoms with Crippen molar-refractivity contribution in [2.45, 2.75) is 13.8 Å². The molecule has 0 atom stereocenters. The van der Waals surface area contributed by atoms with Crippen molar-refractivity contribution in [1.29, 1.82) is 0 Å². The van der Waals surface area contributed by atoms with Gasteiger partial charge in [-0.1, -0.05) is 22.0 Å². The van der Waals surface area contributed by atoms with E-state index in [-0.39, 0.29) is 5.78 Å². The SMILES string of the molecule is CC(=O)c1ccc(Oc2cc(Br)ccc2C)cn1. The Kier molecular flexibility index (Phi) is 3.77. The van der Waals surface area contributed by atoms with E-state index in [0.717, 1.165) is 15.8 Å². The van der Waals surface area contributed by atoms with Crippen molar-refractivity contribution in [2.24, 2.45) is 0 Å². The first-order valence-electron chi connectivity index (χ1n) is 5.47. The van der Waals surface area contributed by atoms with E-state index < -0.39 is 0 Å². The summed E-state index contributed by atoms with van der Waals surface area (Å²) in [6.07, 6.45) is 1.55. The summed E-state index contributed by atoms with van der Waals surface area (Å²) in [7, 11) is 0. The van der Waals surface area contributed by atoms with Gasteiger partial charge in [0, 0.05) is 11.4 Å². The summed E-state index contributed by atoms with van der Waals surface area (Å²) in [6, 6.07) is 9.22. The van der Waals surface area contributed by atoms with E-state index in [2.05, 4.69) is 20.9 Å². The Morgan fingerprint density at radius 1 is 1.28 bits per heavy atom. The fraction of sp³-hybridized carbons (Fsp3) is 0.143. The molecule has 0 unspecified atom stereocenters. The summed E-state index contributed by atoms with van der Waals surface area (Å²) in [5, 5.41) is 0. The van der Waals surface area contributed by atoms with Gasteiger partial charge in [0.2, 0.25) is 0 Å². The van der Waals surface area contributed by atoms with Crippen LogP contribution in [-0.2, 0) is 0 Å². The molecule has 0 aliphatic carbocycles. The summed E-state index contributed by atoms with van der Waals surface area (Å²) in [6.45, 7) is 3.46. The number of pyridine rings is 1. The molecule has 0 aliphatic rings. The number of hydrogen-bond donors (Lipinski definition) is 0. The highest BCUT2D eigenvalue weighted by Crippen LogP contribution is 2.27. The minimum absolute atomic E-state index is 0.0554. The average molecular weight is 306 g/mol. The third-order valence-electron chi connectivity index (χ3n) is 2.48. The van der Waals surface area contributed by atoms with Crippen LogP contribution >= 0.6 is 15.9 Å². The molecular formula is C14H12BrNO2. The Labute approximate surface area is 114 Å². The fourth-order valence-corrected chi connectivity index (χ4v) is 1.80. The highest BCUT2D eigenvalue weighted by atomic mass is 79.9. The number of ether oxygens (including phenoxy) is 1. The Balaban J connectivity index is 2.23. The average Bonchev–Trinajstić information content (AvgIpc) is 2.34. The zero-order valence-electron chi connectivity index (χ0n) is 10.1. The maximum atomic E-state index is 11.1. The van der Waals surface area contributed by atoms with Crippen molar-refractivity contribution in [3.63, 3.8) is 0 Å². The molecule has 18 heavy (non-hydrogen) atoms. The van der Waals surface area contributed by atoms with Gasteiger partial charge < -0.3 is 4.74 Å². The number of ketones is 1. The van der Waals surface area contributed by atoms with Crippen molar-refractivity contribution < 1.29 is 9.53 Å². The molecule has 0 amide bonds. The minimum Gasteiger partial charge on any atom is -0.455 e. The molecule has 0 saturated heterocycles. The highest BCUT2D eigenvalue weighted by molar-refractivity contribution is 9.10. The third-order valence-corrected chi connectivity index (χ3v) is 2.97. The van der Waals surface area contributed by atoms with E-state index in [9.17, 15) is 4.79 Å². The zero-order valence-corrected chi connectivity index (χ0v) is 11.7. The first-order valence-corrected chi connectivity index (χ1v) is 6.26. The lowest BCUT2D eigenvalue weighted by Crippen LogP contribution is -1.96. The smallest absolute Gasteiger partial charge is 0.178 e. The lowest BCUT2D eigenvalue weighted by Gasteiger charge is -2.08. The molecule has 2 aromatic rings. The van der Waals surface area contributed by atoms with E-state index >= 15 is 0 Å². The summed E-state index contributed by atoms with van der Waals surface area (Å²) >= 11 is 3.40. The number of aromatic nitrogens is 1. The summed E-state index contributed by atoms with van der Waals surface area (Å²) in [5.41, 5.74) is 1.47. The van der Waals surface area contributed by atoms with Gasteiger partial charge in [-0.05, 0) is 36.8 Å². The molecule has 3 nitrogen and oxygen atoms in total. The van der Waals surface area contributed by atoms with Gasteiger partial charge in [0.05, 0.1) is 6.20 Å². The minimum atomic E-state index is -0.0554. The number of carbonyl (C=O) groups excluding carboxylic acids is 1. The molecule has 0 saturated carbocycles. The molecule has 92 valence electrons. The molecule has 0 radical (unpaired) electrons. The lowest BCUT2D eigenvalue weighted by atomic mass is 10.2. The van der Waals surface area contributed by atoms with Gasteiger partial charge >= 0.3 is 0 Å². The number of nitrogens with zero attached hydrogens (tertiary/aromatic N) is 1. The number of halogens is 1. The van der Waals surface area contributed by atoms with E-state index in [1.165, 1.54) is 6.92 Å². The predicted molar refractivity (Wildman–Crippen MR) is 73.2 cm³/mol. The van der Waals surface area contributed by atoms with Crippen LogP contribution in [0.5, 0.6) is 11.5 Å². The van der Waals surface area contributed by atoms with Crippen LogP contribution in [0.2, 0.25) is 0 Å². The summed E-state index contributed by atoms with van der Waals surface area (Å²) in [5.74, 6) is 1.32. The van der Waals surface area contributed by atoms with Gasteiger partial charge in [-0.2, -0.15) is 0 Å². The normalized spacial score (nSPS) is 10.2. The van der Waals surface area contributed by atoms with Crippen molar-refractivity contribution in [2.75, 3.05) is 0 Å². The number of carbonyl (C=O) groups is 1. The van der Waals surface area contributed by atoms with E-state index in [1.807, 2.05) is 25.1 Å². The maximum Gasteiger partial charge on any atom is 0.178 e. The Hall–Kier alpha value is -1.68. The zero-order chi connectivity index (χ0) is 13.1. The van der Waals surface area contributed by atoms with Crippen LogP contribution in [-0.4, -0.2) is 10.8 Å². The monoisotopic (exact) mass is 305 g/mol. The molecule has 0 aliphatic heterocycles. The van der Waals surface area contributed by atoms with Gasteiger partial charge in [-0.3, -0.25) is 4.79 Å². The molecule has 4 heteroatoms. The summed E-state index contributed by atoms with van der Waals surface area (Å²) in [4.78, 5) is 15.1. The van der Waals surface area contributed by atoms with Gasteiger partial charge in [-0.25, -0.2) is 4.98 Å². The van der Waals surface area contributed by atoms with Gasteiger partial charge in [-0.15, -0.1) is 0 Å². The van der Waals surface area contributed by atoms with Crippen LogP contribution in [0.1, 0.15) is 23.0 Å². The predicted octanol–water partition coefficient (Wildman–Crippen LogP) is 4.15. The van der Waals surface area contributed by atoms with Gasteiger partial charge in [0.1, 0.15) is 17.2 Å². The second-order valence-electron chi connectivity index (χ2n) is 3.95. The van der Waals surface area contributed by atoms with E-state index in [0.29, 0.717) is 11.4 Å². The molecule has 0 spiro atoms. The molecule has 0 fully saturated rings. The van der Waals surface area contributed by atoms with Crippen LogP contribution in [0.3, 0.4) is 0 Å². The summed E-state index contributed by atoms with van der Waals surface area (Å²) < 4.78 is 6.68. The second-order valence-corrected chi connectivity index (χ2v) is 4.86. The number of rotatable bonds is 3. The Morgan fingerprint density at radius 3 is 2.67 bits per heavy atom. The molecular weight excluding hydrogens is 294 g/mol. The van der Waals surface area contributed by atoms with E-state index in [4.69, 9.17) is 4.74 Å². The Morgan fingerprint density at radius 2 is 2.06 bits per heavy atom. The highest BCUT2D eigenvalue weighted by Gasteiger charge is 2.04. The van der Waals surface area contributed by atoms with Crippen molar-refractivity contribution >= 4 is 21.7 Å². The van der Waals surface area contributed by atoms with Gasteiger partial charge in [0.15, 0.2) is 5.78 Å². The standard InChI is InChI=1S/C14H12BrNO2/c1-9-3-4-11(15)7-14(9)18-12-5-6-13(10(2)17)16-8-12/h3-8H,1-2H3. The van der Waals surface area contributed by atoms with Crippen LogP contribution in [0.4, 0.5) is 0 Å². The van der Waals surface area contributed by atoms with Crippen molar-refractivity contribution in [1.82, 2.24) is 4.98 Å².